The number of anilines is 1. The average Bonchev–Trinajstić information content (AvgIpc) is 2.58. The normalized spacial score (nSPS) is 18.8. The monoisotopic (exact) mass is 355 g/mol. The minimum Gasteiger partial charge on any atom is -0.459 e. The van der Waals surface area contributed by atoms with Gasteiger partial charge < -0.3 is 10.1 Å². The van der Waals surface area contributed by atoms with Crippen LogP contribution in [0, 0.1) is 5.92 Å². The number of esters is 1. The number of nitrogens with one attached hydrogen (secondary N) is 1. The van der Waals surface area contributed by atoms with Crippen LogP contribution in [-0.4, -0.2) is 18.6 Å². The lowest BCUT2D eigenvalue weighted by Gasteiger charge is -2.25. The molecule has 0 bridgehead atoms. The highest BCUT2D eigenvalue weighted by Gasteiger charge is 2.25. The Labute approximate surface area is 158 Å². The number of cyclic esters (lactones) is 1. The van der Waals surface area contributed by atoms with Crippen LogP contribution in [0.2, 0.25) is 0 Å². The van der Waals surface area contributed by atoms with Gasteiger partial charge in [-0.1, -0.05) is 51.5 Å². The summed E-state index contributed by atoms with van der Waals surface area (Å²) < 4.78 is 5.57. The fraction of sp³-hybridized carbons (Fsp3) is 0.522. The molecule has 1 unspecified atom stereocenters. The largest absolute Gasteiger partial charge is 0.459 e. The lowest BCUT2D eigenvalue weighted by Crippen LogP contribution is -2.26. The molecule has 1 aliphatic heterocycles. The van der Waals surface area contributed by atoms with Crippen LogP contribution in [0.5, 0.6) is 0 Å². The van der Waals surface area contributed by atoms with Crippen molar-refractivity contribution >= 4 is 17.7 Å². The van der Waals surface area contributed by atoms with E-state index in [1.54, 1.807) is 0 Å². The quantitative estimate of drug-likeness (QED) is 0.336. The molecule has 1 saturated heterocycles. The first-order valence-corrected chi connectivity index (χ1v) is 9.90. The molecule has 1 atom stereocenters. The van der Waals surface area contributed by atoms with Crippen LogP contribution in [0.15, 0.2) is 42.0 Å². The summed E-state index contributed by atoms with van der Waals surface area (Å²) >= 11 is 0. The second kappa shape index (κ2) is 10.2. The van der Waals surface area contributed by atoms with Gasteiger partial charge in [0.2, 0.25) is 0 Å². The maximum absolute atomic E-state index is 12.2. The van der Waals surface area contributed by atoms with Crippen LogP contribution >= 0.6 is 0 Å². The average molecular weight is 356 g/mol. The maximum atomic E-state index is 12.2. The molecule has 2 rings (SSSR count). The third-order valence-corrected chi connectivity index (χ3v) is 4.67. The predicted octanol–water partition coefficient (Wildman–Crippen LogP) is 5.98. The Balaban J connectivity index is 1.85. The molecule has 1 fully saturated rings. The van der Waals surface area contributed by atoms with Crippen molar-refractivity contribution in [3.8, 4) is 0 Å². The van der Waals surface area contributed by atoms with Crippen molar-refractivity contribution in [1.29, 1.82) is 0 Å². The van der Waals surface area contributed by atoms with Crippen molar-refractivity contribution in [3.63, 3.8) is 0 Å². The van der Waals surface area contributed by atoms with E-state index in [2.05, 4.69) is 44.8 Å². The van der Waals surface area contributed by atoms with Crippen molar-refractivity contribution in [2.24, 2.45) is 5.92 Å². The van der Waals surface area contributed by atoms with Gasteiger partial charge in [0, 0.05) is 17.8 Å². The molecular weight excluding hydrogens is 322 g/mol. The summed E-state index contributed by atoms with van der Waals surface area (Å²) in [5.74, 6) is 0.399. The van der Waals surface area contributed by atoms with Gasteiger partial charge in [-0.25, -0.2) is 4.79 Å². The molecule has 0 aliphatic carbocycles. The Bertz CT molecular complexity index is 628. The summed E-state index contributed by atoms with van der Waals surface area (Å²) in [6.45, 7) is 11.5. The van der Waals surface area contributed by atoms with Crippen LogP contribution in [0.1, 0.15) is 64.9 Å². The summed E-state index contributed by atoms with van der Waals surface area (Å²) in [7, 11) is 0. The topological polar surface area (TPSA) is 38.3 Å². The van der Waals surface area contributed by atoms with Gasteiger partial charge in [-0.05, 0) is 61.8 Å². The number of carbonyl (C=O) groups is 1. The van der Waals surface area contributed by atoms with Gasteiger partial charge in [-0.2, -0.15) is 0 Å². The zero-order valence-electron chi connectivity index (χ0n) is 16.5. The molecule has 0 saturated carbocycles. The van der Waals surface area contributed by atoms with Gasteiger partial charge in [-0.15, -0.1) is 0 Å². The molecule has 1 aromatic carbocycles. The molecule has 0 amide bonds. The van der Waals surface area contributed by atoms with E-state index in [-0.39, 0.29) is 12.1 Å². The van der Waals surface area contributed by atoms with Crippen molar-refractivity contribution < 1.29 is 9.53 Å². The zero-order chi connectivity index (χ0) is 18.9. The Hall–Kier alpha value is -2.03. The zero-order valence-corrected chi connectivity index (χ0v) is 16.5. The molecule has 0 spiro atoms. The van der Waals surface area contributed by atoms with E-state index in [0.29, 0.717) is 5.92 Å². The number of hydrogen-bond donors (Lipinski definition) is 1. The van der Waals surface area contributed by atoms with E-state index < -0.39 is 0 Å². The van der Waals surface area contributed by atoms with Gasteiger partial charge in [0.05, 0.1) is 0 Å². The first-order valence-electron chi connectivity index (χ1n) is 9.90. The van der Waals surface area contributed by atoms with Crippen molar-refractivity contribution in [1.82, 2.24) is 0 Å². The van der Waals surface area contributed by atoms with Crippen molar-refractivity contribution in [2.75, 3.05) is 11.9 Å². The van der Waals surface area contributed by atoms with Gasteiger partial charge in [0.15, 0.2) is 0 Å². The Morgan fingerprint density at radius 1 is 1.31 bits per heavy atom. The first kappa shape index (κ1) is 20.3. The summed E-state index contributed by atoms with van der Waals surface area (Å²) in [5.41, 5.74) is 4.22. The fourth-order valence-electron chi connectivity index (χ4n) is 3.29. The lowest BCUT2D eigenvalue weighted by atomic mass is 9.96. The summed E-state index contributed by atoms with van der Waals surface area (Å²) in [4.78, 5) is 12.2. The summed E-state index contributed by atoms with van der Waals surface area (Å²) in [5, 5.41) is 3.42. The van der Waals surface area contributed by atoms with Crippen LogP contribution in [0.3, 0.4) is 0 Å². The van der Waals surface area contributed by atoms with E-state index in [0.717, 1.165) is 61.9 Å². The molecule has 3 heteroatoms. The molecule has 1 heterocycles. The smallest absolute Gasteiger partial charge is 0.334 e. The second-order valence-corrected chi connectivity index (χ2v) is 7.66. The third kappa shape index (κ3) is 6.70. The Morgan fingerprint density at radius 3 is 2.65 bits per heavy atom. The minimum absolute atomic E-state index is 0.0775. The van der Waals surface area contributed by atoms with Gasteiger partial charge >= 0.3 is 5.97 Å². The Morgan fingerprint density at radius 2 is 2.04 bits per heavy atom. The van der Waals surface area contributed by atoms with Gasteiger partial charge in [0.1, 0.15) is 6.10 Å². The van der Waals surface area contributed by atoms with E-state index >= 15 is 0 Å². The standard InChI is InChI=1S/C23H33NO2/c1-5-6-18(4)13-14-24-21-10-7-19(8-11-21)16-20-9-12-22(15-17(2)3)26-23(20)25/h7-8,10-11,16-17,22,24H,4-6,9,12-15H2,1-3H3/b20-16-. The molecular formula is C23H33NO2. The summed E-state index contributed by atoms with van der Waals surface area (Å²) in [6.07, 6.45) is 7.97. The Kier molecular flexibility index (Phi) is 7.96. The van der Waals surface area contributed by atoms with Crippen LogP contribution in [0.4, 0.5) is 5.69 Å². The highest BCUT2D eigenvalue weighted by molar-refractivity contribution is 5.94. The van der Waals surface area contributed by atoms with E-state index in [1.165, 1.54) is 5.57 Å². The number of benzene rings is 1. The van der Waals surface area contributed by atoms with Gasteiger partial charge in [-0.3, -0.25) is 0 Å². The molecule has 26 heavy (non-hydrogen) atoms. The van der Waals surface area contributed by atoms with E-state index in [4.69, 9.17) is 4.74 Å². The first-order chi connectivity index (χ1) is 12.5. The number of carbonyl (C=O) groups excluding carboxylic acids is 1. The molecule has 1 aliphatic rings. The maximum Gasteiger partial charge on any atom is 0.334 e. The molecule has 3 nitrogen and oxygen atoms in total. The fourth-order valence-corrected chi connectivity index (χ4v) is 3.29. The summed E-state index contributed by atoms with van der Waals surface area (Å²) in [6, 6.07) is 8.21. The molecule has 142 valence electrons. The third-order valence-electron chi connectivity index (χ3n) is 4.67. The van der Waals surface area contributed by atoms with E-state index in [1.807, 2.05) is 18.2 Å². The lowest BCUT2D eigenvalue weighted by molar-refractivity contribution is -0.148. The number of hydrogen-bond acceptors (Lipinski definition) is 3. The number of rotatable bonds is 9. The molecule has 1 N–H and O–H groups in total. The second-order valence-electron chi connectivity index (χ2n) is 7.66. The molecule has 0 radical (unpaired) electrons. The molecule has 1 aromatic rings. The van der Waals surface area contributed by atoms with Crippen molar-refractivity contribution in [3.05, 3.63) is 47.6 Å². The SMILES string of the molecule is C=C(CCC)CCNc1ccc(/C=C2/CCC(CC(C)C)OC2=O)cc1. The highest BCUT2D eigenvalue weighted by atomic mass is 16.5. The minimum atomic E-state index is -0.154. The predicted molar refractivity (Wildman–Crippen MR) is 110 cm³/mol. The van der Waals surface area contributed by atoms with Gasteiger partial charge in [0.25, 0.3) is 0 Å². The number of ether oxygens (including phenoxy) is 1. The van der Waals surface area contributed by atoms with Crippen LogP contribution in [-0.2, 0) is 9.53 Å². The van der Waals surface area contributed by atoms with Crippen LogP contribution < -0.4 is 5.32 Å². The van der Waals surface area contributed by atoms with Crippen LogP contribution in [0.25, 0.3) is 6.08 Å². The van der Waals surface area contributed by atoms with E-state index in [9.17, 15) is 4.79 Å². The molecule has 0 aromatic heterocycles. The van der Waals surface area contributed by atoms with Crippen molar-refractivity contribution in [2.45, 2.75) is 65.4 Å². The highest BCUT2D eigenvalue weighted by Crippen LogP contribution is 2.26.